The summed E-state index contributed by atoms with van der Waals surface area (Å²) in [5.41, 5.74) is -1.12. The normalized spacial score (nSPS) is 26.9. The minimum atomic E-state index is -1.12. The molecule has 0 aromatic heterocycles. The summed E-state index contributed by atoms with van der Waals surface area (Å²) < 4.78 is 5.03. The number of carbonyl (C=O) groups excluding carboxylic acids is 1. The summed E-state index contributed by atoms with van der Waals surface area (Å²) in [7, 11) is 1.58. The Bertz CT molecular complexity index is 352. The van der Waals surface area contributed by atoms with Crippen LogP contribution in [0.1, 0.15) is 52.4 Å². The van der Waals surface area contributed by atoms with Gasteiger partial charge < -0.3 is 20.5 Å². The molecule has 0 spiro atoms. The third kappa shape index (κ3) is 4.88. The molecule has 6 nitrogen and oxygen atoms in total. The molecule has 21 heavy (non-hydrogen) atoms. The fourth-order valence-electron chi connectivity index (χ4n) is 2.87. The third-order valence-electron chi connectivity index (χ3n) is 4.49. The average molecular weight is 300 g/mol. The molecule has 1 saturated carbocycles. The lowest BCUT2D eigenvalue weighted by atomic mass is 9.75. The maximum Gasteiger partial charge on any atom is 0.329 e. The van der Waals surface area contributed by atoms with Crippen LogP contribution in [-0.4, -0.2) is 42.4 Å². The van der Waals surface area contributed by atoms with Crippen molar-refractivity contribution in [2.24, 2.45) is 5.92 Å². The standard InChI is InChI=1S/C15H28N2O4/c1-4-11-6-8-15(9-7-11,13(18)19)17-14(20)16-12(5-2)10-21-3/h11-12H,4-10H2,1-3H3,(H,18,19)(H2,16,17,20). The largest absolute Gasteiger partial charge is 0.480 e. The van der Waals surface area contributed by atoms with E-state index in [4.69, 9.17) is 4.74 Å². The van der Waals surface area contributed by atoms with Crippen molar-refractivity contribution in [3.8, 4) is 0 Å². The van der Waals surface area contributed by atoms with Crippen LogP contribution in [0.5, 0.6) is 0 Å². The van der Waals surface area contributed by atoms with Crippen molar-refractivity contribution in [2.75, 3.05) is 13.7 Å². The van der Waals surface area contributed by atoms with Crippen LogP contribution < -0.4 is 10.6 Å². The molecule has 2 amide bonds. The fourth-order valence-corrected chi connectivity index (χ4v) is 2.87. The number of hydrogen-bond donors (Lipinski definition) is 3. The van der Waals surface area contributed by atoms with Crippen LogP contribution in [0.15, 0.2) is 0 Å². The minimum absolute atomic E-state index is 0.104. The van der Waals surface area contributed by atoms with Crippen LogP contribution in [-0.2, 0) is 9.53 Å². The molecule has 0 saturated heterocycles. The van der Waals surface area contributed by atoms with Crippen molar-refractivity contribution in [3.05, 3.63) is 0 Å². The number of urea groups is 1. The average Bonchev–Trinajstić information content (AvgIpc) is 2.47. The Balaban J connectivity index is 2.62. The molecule has 1 aliphatic rings. The lowest BCUT2D eigenvalue weighted by Crippen LogP contribution is -2.60. The van der Waals surface area contributed by atoms with Gasteiger partial charge in [-0.15, -0.1) is 0 Å². The summed E-state index contributed by atoms with van der Waals surface area (Å²) in [4.78, 5) is 23.7. The van der Waals surface area contributed by atoms with E-state index >= 15 is 0 Å². The molecule has 1 aliphatic carbocycles. The first kappa shape index (κ1) is 17.8. The molecule has 0 aromatic carbocycles. The Morgan fingerprint density at radius 1 is 1.33 bits per heavy atom. The fraction of sp³-hybridized carbons (Fsp3) is 0.867. The molecule has 3 N–H and O–H groups in total. The molecule has 0 heterocycles. The molecule has 0 aliphatic heterocycles. The van der Waals surface area contributed by atoms with E-state index in [2.05, 4.69) is 17.6 Å². The van der Waals surface area contributed by atoms with Crippen molar-refractivity contribution in [3.63, 3.8) is 0 Å². The number of carboxylic acids is 1. The van der Waals surface area contributed by atoms with Gasteiger partial charge in [0.05, 0.1) is 12.6 Å². The van der Waals surface area contributed by atoms with E-state index in [1.807, 2.05) is 6.92 Å². The van der Waals surface area contributed by atoms with Crippen LogP contribution in [0.4, 0.5) is 4.79 Å². The van der Waals surface area contributed by atoms with Crippen molar-refractivity contribution in [1.82, 2.24) is 10.6 Å². The molecule has 0 radical (unpaired) electrons. The predicted octanol–water partition coefficient (Wildman–Crippen LogP) is 2.13. The number of carbonyl (C=O) groups is 2. The molecule has 1 atom stereocenters. The zero-order valence-electron chi connectivity index (χ0n) is 13.3. The zero-order valence-corrected chi connectivity index (χ0v) is 13.3. The second kappa shape index (κ2) is 8.22. The summed E-state index contributed by atoms with van der Waals surface area (Å²) >= 11 is 0. The van der Waals surface area contributed by atoms with Gasteiger partial charge in [0.2, 0.25) is 0 Å². The smallest absolute Gasteiger partial charge is 0.329 e. The minimum Gasteiger partial charge on any atom is -0.480 e. The molecular formula is C15H28N2O4. The number of nitrogens with one attached hydrogen (secondary N) is 2. The molecule has 1 rings (SSSR count). The first-order chi connectivity index (χ1) is 9.97. The van der Waals surface area contributed by atoms with Crippen LogP contribution in [0.2, 0.25) is 0 Å². The SMILES string of the molecule is CCC1CCC(NC(=O)NC(CC)COC)(C(=O)O)CC1. The topological polar surface area (TPSA) is 87.7 Å². The molecule has 1 fully saturated rings. The van der Waals surface area contributed by atoms with Crippen molar-refractivity contribution in [2.45, 2.75) is 64.0 Å². The van der Waals surface area contributed by atoms with Crippen molar-refractivity contribution >= 4 is 12.0 Å². The molecular weight excluding hydrogens is 272 g/mol. The highest BCUT2D eigenvalue weighted by Gasteiger charge is 2.43. The Hall–Kier alpha value is -1.30. The van der Waals surface area contributed by atoms with Gasteiger partial charge in [-0.1, -0.05) is 20.3 Å². The Kier molecular flexibility index (Phi) is 6.95. The lowest BCUT2D eigenvalue weighted by molar-refractivity contribution is -0.146. The first-order valence-electron chi connectivity index (χ1n) is 7.78. The second-order valence-electron chi connectivity index (χ2n) is 5.90. The Labute approximate surface area is 126 Å². The van der Waals surface area contributed by atoms with Crippen molar-refractivity contribution in [1.29, 1.82) is 0 Å². The lowest BCUT2D eigenvalue weighted by Gasteiger charge is -2.37. The first-order valence-corrected chi connectivity index (χ1v) is 7.78. The van der Waals surface area contributed by atoms with Gasteiger partial charge >= 0.3 is 12.0 Å². The van der Waals surface area contributed by atoms with Gasteiger partial charge in [0.25, 0.3) is 0 Å². The number of hydrogen-bond acceptors (Lipinski definition) is 3. The number of ether oxygens (including phenoxy) is 1. The number of methoxy groups -OCH3 is 1. The van der Waals surface area contributed by atoms with Gasteiger partial charge in [-0.05, 0) is 38.0 Å². The van der Waals surface area contributed by atoms with E-state index in [0.29, 0.717) is 25.4 Å². The van der Waals surface area contributed by atoms with E-state index in [1.54, 1.807) is 7.11 Å². The van der Waals surface area contributed by atoms with Gasteiger partial charge in [-0.25, -0.2) is 9.59 Å². The summed E-state index contributed by atoms with van der Waals surface area (Å²) in [6.45, 7) is 4.49. The Morgan fingerprint density at radius 3 is 2.38 bits per heavy atom. The molecule has 1 unspecified atom stereocenters. The van der Waals surface area contributed by atoms with Crippen molar-refractivity contribution < 1.29 is 19.4 Å². The monoisotopic (exact) mass is 300 g/mol. The number of amides is 2. The maximum absolute atomic E-state index is 12.1. The highest BCUT2D eigenvalue weighted by molar-refractivity contribution is 5.86. The van der Waals surface area contributed by atoms with E-state index in [0.717, 1.165) is 25.7 Å². The van der Waals surface area contributed by atoms with Gasteiger partial charge in [-0.3, -0.25) is 0 Å². The highest BCUT2D eigenvalue weighted by Crippen LogP contribution is 2.34. The molecule has 0 bridgehead atoms. The number of rotatable bonds is 7. The van der Waals surface area contributed by atoms with E-state index in [1.165, 1.54) is 0 Å². The summed E-state index contributed by atoms with van der Waals surface area (Å²) in [5.74, 6) is -0.369. The van der Waals surface area contributed by atoms with E-state index < -0.39 is 17.5 Å². The predicted molar refractivity (Wildman–Crippen MR) is 80.2 cm³/mol. The summed E-state index contributed by atoms with van der Waals surface area (Å²) in [5, 5.41) is 15.0. The second-order valence-corrected chi connectivity index (χ2v) is 5.90. The maximum atomic E-state index is 12.1. The molecule has 0 aromatic rings. The van der Waals surface area contributed by atoms with Crippen LogP contribution in [0.25, 0.3) is 0 Å². The third-order valence-corrected chi connectivity index (χ3v) is 4.49. The van der Waals surface area contributed by atoms with Gasteiger partial charge in [0.15, 0.2) is 0 Å². The molecule has 122 valence electrons. The Morgan fingerprint density at radius 2 is 1.95 bits per heavy atom. The van der Waals surface area contributed by atoms with Gasteiger partial charge in [0.1, 0.15) is 5.54 Å². The van der Waals surface area contributed by atoms with Gasteiger partial charge in [-0.2, -0.15) is 0 Å². The van der Waals surface area contributed by atoms with E-state index in [9.17, 15) is 14.7 Å². The highest BCUT2D eigenvalue weighted by atomic mass is 16.5. The number of carboxylic acid groups (broad SMARTS) is 1. The summed E-state index contributed by atoms with van der Waals surface area (Å²) in [6.07, 6.45) is 4.48. The van der Waals surface area contributed by atoms with E-state index in [-0.39, 0.29) is 6.04 Å². The summed E-state index contributed by atoms with van der Waals surface area (Å²) in [6, 6.07) is -0.524. The molecule has 6 heteroatoms. The van der Waals surface area contributed by atoms with Crippen LogP contribution in [0.3, 0.4) is 0 Å². The zero-order chi connectivity index (χ0) is 15.9. The van der Waals surface area contributed by atoms with Crippen LogP contribution in [0, 0.1) is 5.92 Å². The number of aliphatic carboxylic acids is 1. The quantitative estimate of drug-likeness (QED) is 0.672. The van der Waals surface area contributed by atoms with Crippen LogP contribution >= 0.6 is 0 Å². The van der Waals surface area contributed by atoms with Gasteiger partial charge in [0, 0.05) is 7.11 Å².